The third kappa shape index (κ3) is 8.22. The molecule has 2 fully saturated rings. The molecule has 0 aromatic heterocycles. The van der Waals surface area contributed by atoms with Crippen LogP contribution in [0.1, 0.15) is 36.5 Å². The van der Waals surface area contributed by atoms with Crippen LogP contribution < -0.4 is 10.6 Å². The van der Waals surface area contributed by atoms with Gasteiger partial charge in [0.05, 0.1) is 13.2 Å². The number of ether oxygens (including phenoxy) is 1. The highest BCUT2D eigenvalue weighted by Gasteiger charge is 2.26. The van der Waals surface area contributed by atoms with E-state index in [1.807, 2.05) is 7.05 Å². The second-order valence-electron chi connectivity index (χ2n) is 9.30. The van der Waals surface area contributed by atoms with E-state index in [9.17, 15) is 0 Å². The van der Waals surface area contributed by atoms with Crippen LogP contribution in [-0.2, 0) is 24.4 Å². The average molecular weight is 578 g/mol. The van der Waals surface area contributed by atoms with Crippen molar-refractivity contribution in [3.05, 3.63) is 71.3 Å². The molecule has 34 heavy (non-hydrogen) atoms. The van der Waals surface area contributed by atoms with E-state index in [4.69, 9.17) is 4.74 Å². The zero-order chi connectivity index (χ0) is 22.9. The number of halogens is 1. The molecule has 2 aliphatic heterocycles. The van der Waals surface area contributed by atoms with Crippen LogP contribution in [0.2, 0.25) is 0 Å². The number of guanidine groups is 1. The molecule has 2 aromatic carbocycles. The summed E-state index contributed by atoms with van der Waals surface area (Å²) in [5.74, 6) is 0.891. The lowest BCUT2D eigenvalue weighted by Crippen LogP contribution is -2.51. The van der Waals surface area contributed by atoms with Gasteiger partial charge in [-0.1, -0.05) is 54.6 Å². The van der Waals surface area contributed by atoms with Crippen LogP contribution in [0, 0.1) is 0 Å². The third-order valence-electron chi connectivity index (χ3n) is 6.77. The van der Waals surface area contributed by atoms with Gasteiger partial charge < -0.3 is 15.4 Å². The van der Waals surface area contributed by atoms with E-state index in [-0.39, 0.29) is 24.0 Å². The topological polar surface area (TPSA) is 52.1 Å². The van der Waals surface area contributed by atoms with E-state index < -0.39 is 0 Å². The standard InChI is InChI=1S/C27H39N5O.HI/c1-22-17-26(11-12-32(22)21-23-7-4-3-5-8-23)30-27(28-2)29-19-24-9-6-10-25(18-24)20-31-13-15-33-16-14-31;/h3-10,18,22,26H,11-17,19-21H2,1-2H3,(H2,28,29,30);1H. The van der Waals surface area contributed by atoms with Gasteiger partial charge in [-0.2, -0.15) is 0 Å². The fraction of sp³-hybridized carbons (Fsp3) is 0.519. The summed E-state index contributed by atoms with van der Waals surface area (Å²) in [6.07, 6.45) is 2.26. The quantitative estimate of drug-likeness (QED) is 0.298. The minimum atomic E-state index is 0. The molecule has 2 unspecified atom stereocenters. The molecule has 0 saturated carbocycles. The zero-order valence-electron chi connectivity index (χ0n) is 20.6. The second-order valence-corrected chi connectivity index (χ2v) is 9.30. The van der Waals surface area contributed by atoms with Crippen LogP contribution in [0.4, 0.5) is 0 Å². The summed E-state index contributed by atoms with van der Waals surface area (Å²) in [4.78, 5) is 9.53. The van der Waals surface area contributed by atoms with Crippen LogP contribution in [0.15, 0.2) is 59.6 Å². The molecule has 2 atom stereocenters. The molecule has 6 nitrogen and oxygen atoms in total. The predicted molar refractivity (Wildman–Crippen MR) is 151 cm³/mol. The van der Waals surface area contributed by atoms with Crippen molar-refractivity contribution in [3.63, 3.8) is 0 Å². The molecule has 0 spiro atoms. The van der Waals surface area contributed by atoms with Crippen LogP contribution in [0.25, 0.3) is 0 Å². The lowest BCUT2D eigenvalue weighted by atomic mass is 9.97. The van der Waals surface area contributed by atoms with E-state index in [2.05, 4.69) is 86.9 Å². The van der Waals surface area contributed by atoms with E-state index in [1.165, 1.54) is 16.7 Å². The van der Waals surface area contributed by atoms with Gasteiger partial charge in [0.25, 0.3) is 0 Å². The van der Waals surface area contributed by atoms with Crippen molar-refractivity contribution >= 4 is 29.9 Å². The van der Waals surface area contributed by atoms with Gasteiger partial charge in [-0.15, -0.1) is 24.0 Å². The van der Waals surface area contributed by atoms with Gasteiger partial charge in [-0.25, -0.2) is 0 Å². The Hall–Kier alpha value is -1.68. The molecule has 2 saturated heterocycles. The lowest BCUT2D eigenvalue weighted by Gasteiger charge is -2.38. The molecule has 4 rings (SSSR count). The van der Waals surface area contributed by atoms with Gasteiger partial charge in [0.1, 0.15) is 0 Å². The van der Waals surface area contributed by atoms with Crippen molar-refractivity contribution in [1.29, 1.82) is 0 Å². The molecule has 0 amide bonds. The number of likely N-dealkylation sites (tertiary alicyclic amines) is 1. The first-order chi connectivity index (χ1) is 16.2. The molecule has 0 aliphatic carbocycles. The van der Waals surface area contributed by atoms with Gasteiger partial charge in [0.15, 0.2) is 5.96 Å². The van der Waals surface area contributed by atoms with E-state index in [0.717, 1.165) is 71.3 Å². The number of piperidine rings is 1. The molecule has 2 aromatic rings. The summed E-state index contributed by atoms with van der Waals surface area (Å²) in [6, 6.07) is 20.7. The number of nitrogens with one attached hydrogen (secondary N) is 2. The monoisotopic (exact) mass is 577 g/mol. The molecule has 0 bridgehead atoms. The fourth-order valence-electron chi connectivity index (χ4n) is 4.83. The zero-order valence-corrected chi connectivity index (χ0v) is 22.9. The molecule has 2 aliphatic rings. The minimum absolute atomic E-state index is 0. The number of benzene rings is 2. The SMILES string of the molecule is CN=C(NCc1cccc(CN2CCOCC2)c1)NC1CCN(Cc2ccccc2)C(C)C1.I. The van der Waals surface area contributed by atoms with E-state index in [0.29, 0.717) is 12.1 Å². The van der Waals surface area contributed by atoms with Crippen LogP contribution in [0.5, 0.6) is 0 Å². The van der Waals surface area contributed by atoms with E-state index in [1.54, 1.807) is 0 Å². The summed E-state index contributed by atoms with van der Waals surface area (Å²) in [7, 11) is 1.86. The Balaban J connectivity index is 0.00000324. The predicted octanol–water partition coefficient (Wildman–Crippen LogP) is 3.85. The summed E-state index contributed by atoms with van der Waals surface area (Å²) in [5, 5.41) is 7.18. The van der Waals surface area contributed by atoms with Crippen molar-refractivity contribution in [2.24, 2.45) is 4.99 Å². The van der Waals surface area contributed by atoms with Gasteiger partial charge >= 0.3 is 0 Å². The smallest absolute Gasteiger partial charge is 0.191 e. The Labute approximate surface area is 222 Å². The van der Waals surface area contributed by atoms with Gasteiger partial charge in [0, 0.05) is 58.4 Å². The van der Waals surface area contributed by atoms with Crippen LogP contribution in [-0.4, -0.2) is 67.7 Å². The molecular formula is C27H40IN5O. The highest BCUT2D eigenvalue weighted by molar-refractivity contribution is 14.0. The van der Waals surface area contributed by atoms with Crippen LogP contribution >= 0.6 is 24.0 Å². The molecular weight excluding hydrogens is 537 g/mol. The number of nitrogens with zero attached hydrogens (tertiary/aromatic N) is 3. The highest BCUT2D eigenvalue weighted by Crippen LogP contribution is 2.20. The third-order valence-corrected chi connectivity index (χ3v) is 6.77. The van der Waals surface area contributed by atoms with Crippen molar-refractivity contribution in [3.8, 4) is 0 Å². The second kappa shape index (κ2) is 14.0. The molecule has 2 heterocycles. The number of hydrogen-bond donors (Lipinski definition) is 2. The summed E-state index contributed by atoms with van der Waals surface area (Å²) < 4.78 is 5.47. The lowest BCUT2D eigenvalue weighted by molar-refractivity contribution is 0.0342. The first-order valence-corrected chi connectivity index (χ1v) is 12.3. The Morgan fingerprint density at radius 2 is 1.71 bits per heavy atom. The summed E-state index contributed by atoms with van der Waals surface area (Å²) in [5.41, 5.74) is 4.04. The first kappa shape index (κ1) is 26.9. The van der Waals surface area contributed by atoms with Gasteiger partial charge in [0.2, 0.25) is 0 Å². The fourth-order valence-corrected chi connectivity index (χ4v) is 4.83. The van der Waals surface area contributed by atoms with Gasteiger partial charge in [-0.05, 0) is 36.5 Å². The Kier molecular flexibility index (Phi) is 11.1. The summed E-state index contributed by atoms with van der Waals surface area (Å²) >= 11 is 0. The Morgan fingerprint density at radius 3 is 2.44 bits per heavy atom. The largest absolute Gasteiger partial charge is 0.379 e. The average Bonchev–Trinajstić information content (AvgIpc) is 2.85. The molecule has 2 N–H and O–H groups in total. The first-order valence-electron chi connectivity index (χ1n) is 12.3. The number of rotatable bonds is 7. The van der Waals surface area contributed by atoms with Gasteiger partial charge in [-0.3, -0.25) is 14.8 Å². The molecule has 186 valence electrons. The van der Waals surface area contributed by atoms with E-state index >= 15 is 0 Å². The summed E-state index contributed by atoms with van der Waals surface area (Å²) in [6.45, 7) is 9.95. The van der Waals surface area contributed by atoms with Crippen molar-refractivity contribution in [2.75, 3.05) is 39.9 Å². The maximum absolute atomic E-state index is 5.47. The number of aliphatic imine (C=N–C) groups is 1. The number of hydrogen-bond acceptors (Lipinski definition) is 4. The normalized spacial score (nSPS) is 22.1. The van der Waals surface area contributed by atoms with Crippen molar-refractivity contribution < 1.29 is 4.74 Å². The minimum Gasteiger partial charge on any atom is -0.379 e. The molecule has 0 radical (unpaired) electrons. The highest BCUT2D eigenvalue weighted by atomic mass is 127. The Morgan fingerprint density at radius 1 is 0.971 bits per heavy atom. The van der Waals surface area contributed by atoms with Crippen molar-refractivity contribution in [1.82, 2.24) is 20.4 Å². The Bertz CT molecular complexity index is 888. The van der Waals surface area contributed by atoms with Crippen LogP contribution in [0.3, 0.4) is 0 Å². The maximum Gasteiger partial charge on any atom is 0.191 e. The maximum atomic E-state index is 5.47. The van der Waals surface area contributed by atoms with Crippen molar-refractivity contribution in [2.45, 2.75) is 51.5 Å². The number of morpholine rings is 1. The molecule has 7 heteroatoms.